The number of nitrogens with zero attached hydrogens (tertiary/aromatic N) is 1. The monoisotopic (exact) mass is 263 g/mol. The first-order valence-electron chi connectivity index (χ1n) is 7.13. The lowest BCUT2D eigenvalue weighted by Gasteiger charge is -2.21. The number of carbonyl (C=O) groups excluding carboxylic acids is 1. The summed E-state index contributed by atoms with van der Waals surface area (Å²) in [5.41, 5.74) is 0. The van der Waals surface area contributed by atoms with E-state index in [1.807, 2.05) is 17.5 Å². The summed E-state index contributed by atoms with van der Waals surface area (Å²) in [4.78, 5) is 15.5. The van der Waals surface area contributed by atoms with Gasteiger partial charge in [0, 0.05) is 19.0 Å². The first kappa shape index (κ1) is 12.4. The first-order valence-corrected chi connectivity index (χ1v) is 8.01. The van der Waals surface area contributed by atoms with Crippen molar-refractivity contribution in [3.63, 3.8) is 0 Å². The van der Waals surface area contributed by atoms with E-state index < -0.39 is 0 Å². The van der Waals surface area contributed by atoms with Crippen molar-refractivity contribution in [3.8, 4) is 0 Å². The van der Waals surface area contributed by atoms with Crippen LogP contribution in [-0.2, 0) is 0 Å². The summed E-state index contributed by atoms with van der Waals surface area (Å²) in [5.74, 6) is 1.30. The van der Waals surface area contributed by atoms with E-state index in [0.717, 1.165) is 29.8 Å². The van der Waals surface area contributed by atoms with Crippen LogP contribution in [0.3, 0.4) is 0 Å². The van der Waals surface area contributed by atoms with E-state index in [0.29, 0.717) is 12.2 Å². The molecule has 0 bridgehead atoms. The second-order valence-corrected chi connectivity index (χ2v) is 6.62. The minimum atomic E-state index is 0.326. The average molecular weight is 263 g/mol. The molecule has 2 aliphatic rings. The third-order valence-electron chi connectivity index (χ3n) is 3.90. The van der Waals surface area contributed by atoms with Crippen LogP contribution in [0.15, 0.2) is 17.5 Å². The molecule has 0 aliphatic heterocycles. The van der Waals surface area contributed by atoms with Crippen molar-refractivity contribution in [2.45, 2.75) is 44.6 Å². The van der Waals surface area contributed by atoms with Crippen LogP contribution in [0.25, 0.3) is 0 Å². The lowest BCUT2D eigenvalue weighted by atomic mass is 10.2. The molecule has 3 rings (SSSR count). The number of thiophene rings is 1. The van der Waals surface area contributed by atoms with Crippen molar-refractivity contribution in [2.75, 3.05) is 13.1 Å². The lowest BCUT2D eigenvalue weighted by Crippen LogP contribution is -2.29. The van der Waals surface area contributed by atoms with Gasteiger partial charge in [0.2, 0.25) is 0 Å². The zero-order valence-corrected chi connectivity index (χ0v) is 11.6. The van der Waals surface area contributed by atoms with Gasteiger partial charge in [0.1, 0.15) is 0 Å². The zero-order valence-electron chi connectivity index (χ0n) is 10.8. The van der Waals surface area contributed by atoms with Crippen LogP contribution in [0.5, 0.6) is 0 Å². The van der Waals surface area contributed by atoms with Gasteiger partial charge in [0.25, 0.3) is 0 Å². The summed E-state index contributed by atoms with van der Waals surface area (Å²) in [6, 6.07) is 4.75. The Morgan fingerprint density at radius 3 is 2.78 bits per heavy atom. The van der Waals surface area contributed by atoms with Gasteiger partial charge in [-0.15, -0.1) is 11.3 Å². The summed E-state index contributed by atoms with van der Waals surface area (Å²) >= 11 is 1.57. The van der Waals surface area contributed by atoms with Gasteiger partial charge in [0.15, 0.2) is 5.78 Å². The molecule has 2 fully saturated rings. The number of ketones is 1. The summed E-state index contributed by atoms with van der Waals surface area (Å²) in [5, 5.41) is 1.98. The summed E-state index contributed by atoms with van der Waals surface area (Å²) in [7, 11) is 0. The van der Waals surface area contributed by atoms with E-state index in [1.54, 1.807) is 11.3 Å². The van der Waals surface area contributed by atoms with Gasteiger partial charge >= 0.3 is 0 Å². The Kier molecular flexibility index (Phi) is 3.80. The topological polar surface area (TPSA) is 20.3 Å². The van der Waals surface area contributed by atoms with Crippen LogP contribution in [0.1, 0.15) is 48.2 Å². The highest BCUT2D eigenvalue weighted by atomic mass is 32.1. The van der Waals surface area contributed by atoms with E-state index >= 15 is 0 Å². The van der Waals surface area contributed by atoms with Gasteiger partial charge in [-0.3, -0.25) is 4.79 Å². The Bertz CT molecular complexity index is 393. The van der Waals surface area contributed by atoms with Crippen molar-refractivity contribution in [1.29, 1.82) is 0 Å². The molecule has 0 unspecified atom stereocenters. The summed E-state index contributed by atoms with van der Waals surface area (Å²) in [6.07, 6.45) is 7.36. The van der Waals surface area contributed by atoms with Crippen molar-refractivity contribution < 1.29 is 4.79 Å². The van der Waals surface area contributed by atoms with Gasteiger partial charge in [-0.25, -0.2) is 0 Å². The predicted octanol–water partition coefficient (Wildman–Crippen LogP) is 3.59. The van der Waals surface area contributed by atoms with E-state index in [-0.39, 0.29) is 0 Å². The SMILES string of the molecule is O=C(CCCN(CC1CC1)C1CC1)c1cccs1. The Morgan fingerprint density at radius 1 is 1.33 bits per heavy atom. The van der Waals surface area contributed by atoms with Crippen LogP contribution >= 0.6 is 11.3 Å². The number of Topliss-reactive ketones (excluding diaryl/α,β-unsaturated/α-hetero) is 1. The van der Waals surface area contributed by atoms with Crippen LogP contribution < -0.4 is 0 Å². The fourth-order valence-electron chi connectivity index (χ4n) is 2.50. The highest BCUT2D eigenvalue weighted by Crippen LogP contribution is 2.34. The van der Waals surface area contributed by atoms with E-state index in [1.165, 1.54) is 32.2 Å². The minimum Gasteiger partial charge on any atom is -0.300 e. The summed E-state index contributed by atoms with van der Waals surface area (Å²) in [6.45, 7) is 2.41. The number of rotatable bonds is 8. The van der Waals surface area contributed by atoms with Crippen molar-refractivity contribution in [3.05, 3.63) is 22.4 Å². The van der Waals surface area contributed by atoms with Crippen molar-refractivity contribution >= 4 is 17.1 Å². The van der Waals surface area contributed by atoms with Crippen LogP contribution in [0.2, 0.25) is 0 Å². The van der Waals surface area contributed by atoms with Gasteiger partial charge < -0.3 is 4.90 Å². The standard InChI is InChI=1S/C15H21NOS/c17-14(15-4-2-10-18-15)3-1-9-16(13-7-8-13)11-12-5-6-12/h2,4,10,12-13H,1,3,5-9,11H2. The molecule has 18 heavy (non-hydrogen) atoms. The average Bonchev–Trinajstić information content (AvgIpc) is 3.28. The smallest absolute Gasteiger partial charge is 0.172 e. The zero-order chi connectivity index (χ0) is 12.4. The second-order valence-electron chi connectivity index (χ2n) is 5.67. The molecule has 2 aliphatic carbocycles. The minimum absolute atomic E-state index is 0.326. The fourth-order valence-corrected chi connectivity index (χ4v) is 3.19. The molecule has 1 aromatic heterocycles. The van der Waals surface area contributed by atoms with Crippen molar-refractivity contribution in [1.82, 2.24) is 4.90 Å². The van der Waals surface area contributed by atoms with Gasteiger partial charge in [0.05, 0.1) is 4.88 Å². The van der Waals surface area contributed by atoms with Crippen molar-refractivity contribution in [2.24, 2.45) is 5.92 Å². The highest BCUT2D eigenvalue weighted by Gasteiger charge is 2.33. The maximum Gasteiger partial charge on any atom is 0.172 e. The Labute approximate surface area is 113 Å². The third-order valence-corrected chi connectivity index (χ3v) is 4.81. The Hall–Kier alpha value is -0.670. The number of hydrogen-bond donors (Lipinski definition) is 0. The molecule has 0 aromatic carbocycles. The number of hydrogen-bond acceptors (Lipinski definition) is 3. The molecule has 98 valence electrons. The molecular formula is C15H21NOS. The Morgan fingerprint density at radius 2 is 2.17 bits per heavy atom. The van der Waals surface area contributed by atoms with Gasteiger partial charge in [-0.05, 0) is 56.0 Å². The van der Waals surface area contributed by atoms with Gasteiger partial charge in [-0.2, -0.15) is 0 Å². The molecule has 0 N–H and O–H groups in total. The molecule has 0 atom stereocenters. The first-order chi connectivity index (χ1) is 8.83. The quantitative estimate of drug-likeness (QED) is 0.668. The third kappa shape index (κ3) is 3.42. The molecule has 3 heteroatoms. The second kappa shape index (κ2) is 5.54. The molecule has 0 saturated heterocycles. The molecular weight excluding hydrogens is 242 g/mol. The predicted molar refractivity (Wildman–Crippen MR) is 75.2 cm³/mol. The molecule has 1 heterocycles. The molecule has 0 radical (unpaired) electrons. The lowest BCUT2D eigenvalue weighted by molar-refractivity contribution is 0.0977. The van der Waals surface area contributed by atoms with Crippen LogP contribution in [0.4, 0.5) is 0 Å². The maximum absolute atomic E-state index is 11.9. The van der Waals surface area contributed by atoms with E-state index in [9.17, 15) is 4.79 Å². The molecule has 0 spiro atoms. The number of carbonyl (C=O) groups is 1. The fraction of sp³-hybridized carbons (Fsp3) is 0.667. The molecule has 2 nitrogen and oxygen atoms in total. The largest absolute Gasteiger partial charge is 0.300 e. The maximum atomic E-state index is 11.9. The molecule has 1 aromatic rings. The van der Waals surface area contributed by atoms with Crippen LogP contribution in [0, 0.1) is 5.92 Å². The van der Waals surface area contributed by atoms with Crippen LogP contribution in [-0.4, -0.2) is 29.8 Å². The highest BCUT2D eigenvalue weighted by molar-refractivity contribution is 7.12. The summed E-state index contributed by atoms with van der Waals surface area (Å²) < 4.78 is 0. The Balaban J connectivity index is 1.40. The molecule has 2 saturated carbocycles. The molecule has 0 amide bonds. The van der Waals surface area contributed by atoms with Gasteiger partial charge in [-0.1, -0.05) is 6.07 Å². The van der Waals surface area contributed by atoms with E-state index in [4.69, 9.17) is 0 Å². The van der Waals surface area contributed by atoms with E-state index in [2.05, 4.69) is 4.90 Å². The normalized spacial score (nSPS) is 19.4.